The Bertz CT molecular complexity index is 590. The van der Waals surface area contributed by atoms with Gasteiger partial charge < -0.3 is 9.47 Å². The second kappa shape index (κ2) is 6.36. The van der Waals surface area contributed by atoms with E-state index in [4.69, 9.17) is 9.47 Å². The maximum absolute atomic E-state index is 13.0. The molecular weight excluding hydrogens is 324 g/mol. The van der Waals surface area contributed by atoms with Crippen molar-refractivity contribution in [3.8, 4) is 0 Å². The van der Waals surface area contributed by atoms with Gasteiger partial charge in [0.1, 0.15) is 0 Å². The van der Waals surface area contributed by atoms with Crippen molar-refractivity contribution < 1.29 is 14.3 Å². The summed E-state index contributed by atoms with van der Waals surface area (Å²) in [6, 6.07) is 0. The first-order valence-corrected chi connectivity index (χ1v) is 11.2. The van der Waals surface area contributed by atoms with Crippen LogP contribution in [0.3, 0.4) is 0 Å². The maximum atomic E-state index is 13.0. The van der Waals surface area contributed by atoms with Crippen LogP contribution in [0.15, 0.2) is 12.2 Å². The summed E-state index contributed by atoms with van der Waals surface area (Å²) in [5.74, 6) is 4.68. The van der Waals surface area contributed by atoms with Crippen LogP contribution >= 0.6 is 0 Å². The van der Waals surface area contributed by atoms with Gasteiger partial charge in [0.05, 0.1) is 11.5 Å². The Morgan fingerprint density at radius 1 is 1.08 bits per heavy atom. The van der Waals surface area contributed by atoms with Crippen LogP contribution < -0.4 is 0 Å². The van der Waals surface area contributed by atoms with Crippen LogP contribution in [0.1, 0.15) is 71.6 Å². The molecule has 0 aliphatic heterocycles. The smallest absolute Gasteiger partial charge is 0.311 e. The van der Waals surface area contributed by atoms with Crippen LogP contribution in [0.25, 0.3) is 0 Å². The maximum Gasteiger partial charge on any atom is 0.311 e. The molecule has 8 unspecified atom stereocenters. The number of rotatable bonds is 5. The Hall–Kier alpha value is -0.830. The Morgan fingerprint density at radius 3 is 2.54 bits per heavy atom. The van der Waals surface area contributed by atoms with Gasteiger partial charge >= 0.3 is 5.97 Å². The van der Waals surface area contributed by atoms with Gasteiger partial charge in [0, 0.05) is 0 Å². The van der Waals surface area contributed by atoms with Crippen LogP contribution in [-0.2, 0) is 14.3 Å². The first kappa shape index (κ1) is 17.3. The van der Waals surface area contributed by atoms with Crippen molar-refractivity contribution >= 4 is 5.97 Å². The summed E-state index contributed by atoms with van der Waals surface area (Å²) in [6.45, 7) is 4.14. The minimum absolute atomic E-state index is 0.0252. The van der Waals surface area contributed by atoms with Crippen LogP contribution in [0.2, 0.25) is 0 Å². The molecule has 26 heavy (non-hydrogen) atoms. The number of hydrogen-bond donors (Lipinski definition) is 0. The molecule has 3 heteroatoms. The molecule has 0 spiro atoms. The van der Waals surface area contributed by atoms with E-state index in [0.717, 1.165) is 55.3 Å². The highest BCUT2D eigenvalue weighted by molar-refractivity contribution is 5.73. The molecule has 0 amide bonds. The molecule has 0 aromatic heterocycles. The van der Waals surface area contributed by atoms with E-state index in [-0.39, 0.29) is 17.5 Å². The molecule has 5 rings (SSSR count). The fraction of sp³-hybridized carbons (Fsp3) is 0.870. The summed E-state index contributed by atoms with van der Waals surface area (Å²) >= 11 is 0. The van der Waals surface area contributed by atoms with Crippen LogP contribution in [-0.4, -0.2) is 17.9 Å². The molecule has 4 fully saturated rings. The van der Waals surface area contributed by atoms with Gasteiger partial charge in [0.25, 0.3) is 0 Å². The lowest BCUT2D eigenvalue weighted by atomic mass is 9.69. The van der Waals surface area contributed by atoms with Crippen molar-refractivity contribution in [1.29, 1.82) is 0 Å². The van der Waals surface area contributed by atoms with E-state index in [0.29, 0.717) is 5.92 Å². The number of hydrogen-bond acceptors (Lipinski definition) is 3. The minimum Gasteiger partial charge on any atom is -0.436 e. The predicted octanol–water partition coefficient (Wildman–Crippen LogP) is 5.10. The molecule has 0 aromatic rings. The quantitative estimate of drug-likeness (QED) is 0.297. The Labute approximate surface area is 157 Å². The monoisotopic (exact) mass is 358 g/mol. The third kappa shape index (κ3) is 2.60. The highest BCUT2D eigenvalue weighted by atomic mass is 16.7. The van der Waals surface area contributed by atoms with Gasteiger partial charge in [-0.15, -0.1) is 0 Å². The third-order valence-electron chi connectivity index (χ3n) is 8.68. The lowest BCUT2D eigenvalue weighted by Gasteiger charge is -2.39. The van der Waals surface area contributed by atoms with E-state index in [9.17, 15) is 4.79 Å². The summed E-state index contributed by atoms with van der Waals surface area (Å²) in [4.78, 5) is 13.0. The molecule has 0 aromatic carbocycles. The number of fused-ring (bicyclic) bond motifs is 9. The molecule has 5 aliphatic carbocycles. The summed E-state index contributed by atoms with van der Waals surface area (Å²) in [7, 11) is 0. The van der Waals surface area contributed by atoms with Crippen LogP contribution in [0, 0.1) is 41.4 Å². The molecule has 3 nitrogen and oxygen atoms in total. The molecule has 144 valence electrons. The molecule has 0 radical (unpaired) electrons. The normalized spacial score (nSPS) is 45.7. The van der Waals surface area contributed by atoms with Gasteiger partial charge in [-0.2, -0.15) is 0 Å². The summed E-state index contributed by atoms with van der Waals surface area (Å²) < 4.78 is 12.2. The molecule has 8 atom stereocenters. The lowest BCUT2D eigenvalue weighted by Crippen LogP contribution is -2.41. The molecule has 4 bridgehead atoms. The van der Waals surface area contributed by atoms with Gasteiger partial charge in [-0.3, -0.25) is 4.79 Å². The van der Waals surface area contributed by atoms with E-state index >= 15 is 0 Å². The second-order valence-corrected chi connectivity index (χ2v) is 9.82. The zero-order valence-electron chi connectivity index (χ0n) is 16.4. The van der Waals surface area contributed by atoms with E-state index in [2.05, 4.69) is 19.1 Å². The SMILES string of the molecule is CCC1(OC(C)OC(=O)C2CC3CC2C2C4C=CC(C4)C32)CCCCC1. The number of allylic oxidation sites excluding steroid dienone is 2. The van der Waals surface area contributed by atoms with Crippen LogP contribution in [0.5, 0.6) is 0 Å². The van der Waals surface area contributed by atoms with E-state index < -0.39 is 6.29 Å². The summed E-state index contributed by atoms with van der Waals surface area (Å²) in [5, 5.41) is 0. The third-order valence-corrected chi connectivity index (χ3v) is 8.68. The summed E-state index contributed by atoms with van der Waals surface area (Å²) in [5.41, 5.74) is -0.0624. The number of carbonyl (C=O) groups excluding carboxylic acids is 1. The minimum atomic E-state index is -0.407. The van der Waals surface area contributed by atoms with Gasteiger partial charge in [0.2, 0.25) is 6.29 Å². The average molecular weight is 359 g/mol. The number of carbonyl (C=O) groups is 1. The van der Waals surface area contributed by atoms with Crippen molar-refractivity contribution in [2.45, 2.75) is 83.5 Å². The first-order valence-electron chi connectivity index (χ1n) is 11.2. The van der Waals surface area contributed by atoms with E-state index in [1.165, 1.54) is 32.1 Å². The van der Waals surface area contributed by atoms with Gasteiger partial charge in [-0.05, 0) is 81.0 Å². The van der Waals surface area contributed by atoms with Gasteiger partial charge in [-0.25, -0.2) is 0 Å². The highest BCUT2D eigenvalue weighted by Gasteiger charge is 2.62. The molecule has 0 saturated heterocycles. The largest absolute Gasteiger partial charge is 0.436 e. The standard InChI is InChI=1S/C23H34O3/c1-3-23(9-5-4-6-10-23)26-14(2)25-22(24)19-13-17-12-18(19)21-16-8-7-15(11-16)20(17)21/h7-8,14-21H,3-6,9-13H2,1-2H3. The Morgan fingerprint density at radius 2 is 1.81 bits per heavy atom. The fourth-order valence-corrected chi connectivity index (χ4v) is 7.67. The van der Waals surface area contributed by atoms with Gasteiger partial charge in [-0.1, -0.05) is 38.3 Å². The highest BCUT2D eigenvalue weighted by Crippen LogP contribution is 2.67. The molecule has 5 aliphatic rings. The summed E-state index contributed by atoms with van der Waals surface area (Å²) in [6.07, 6.45) is 15.2. The van der Waals surface area contributed by atoms with Crippen molar-refractivity contribution in [3.05, 3.63) is 12.2 Å². The predicted molar refractivity (Wildman–Crippen MR) is 100 cm³/mol. The second-order valence-electron chi connectivity index (χ2n) is 9.82. The van der Waals surface area contributed by atoms with Crippen LogP contribution in [0.4, 0.5) is 0 Å². The average Bonchev–Trinajstić information content (AvgIpc) is 3.40. The van der Waals surface area contributed by atoms with E-state index in [1.54, 1.807) is 0 Å². The lowest BCUT2D eigenvalue weighted by molar-refractivity contribution is -0.219. The molecule has 0 N–H and O–H groups in total. The zero-order chi connectivity index (χ0) is 17.9. The Kier molecular flexibility index (Phi) is 4.23. The molecule has 4 saturated carbocycles. The first-order chi connectivity index (χ1) is 12.6. The zero-order valence-corrected chi connectivity index (χ0v) is 16.4. The Balaban J connectivity index is 1.21. The van der Waals surface area contributed by atoms with Gasteiger partial charge in [0.15, 0.2) is 0 Å². The molecular formula is C23H34O3. The fourth-order valence-electron chi connectivity index (χ4n) is 7.67. The topological polar surface area (TPSA) is 35.5 Å². The van der Waals surface area contributed by atoms with Crippen molar-refractivity contribution in [3.63, 3.8) is 0 Å². The number of ether oxygens (including phenoxy) is 2. The number of esters is 1. The van der Waals surface area contributed by atoms with E-state index in [1.807, 2.05) is 6.92 Å². The van der Waals surface area contributed by atoms with Crippen molar-refractivity contribution in [2.24, 2.45) is 41.4 Å². The van der Waals surface area contributed by atoms with Crippen molar-refractivity contribution in [2.75, 3.05) is 0 Å². The van der Waals surface area contributed by atoms with Crippen molar-refractivity contribution in [1.82, 2.24) is 0 Å². The molecule has 0 heterocycles.